The van der Waals surface area contributed by atoms with E-state index in [4.69, 9.17) is 9.47 Å². The van der Waals surface area contributed by atoms with Gasteiger partial charge in [0.1, 0.15) is 18.0 Å². The summed E-state index contributed by atoms with van der Waals surface area (Å²) < 4.78 is 10.7. The van der Waals surface area contributed by atoms with Gasteiger partial charge in [-0.2, -0.15) is 5.10 Å². The summed E-state index contributed by atoms with van der Waals surface area (Å²) >= 11 is 0. The van der Waals surface area contributed by atoms with Gasteiger partial charge in [0.25, 0.3) is 0 Å². The van der Waals surface area contributed by atoms with E-state index in [-0.39, 0.29) is 0 Å². The molecule has 0 spiro atoms. The first-order valence-corrected chi connectivity index (χ1v) is 12.2. The van der Waals surface area contributed by atoms with E-state index in [1.807, 2.05) is 12.1 Å². The summed E-state index contributed by atoms with van der Waals surface area (Å²) in [7, 11) is 1.75. The summed E-state index contributed by atoms with van der Waals surface area (Å²) in [6.45, 7) is 5.51. The van der Waals surface area contributed by atoms with Gasteiger partial charge in [-0.15, -0.1) is 5.10 Å². The van der Waals surface area contributed by atoms with Gasteiger partial charge in [-0.05, 0) is 57.4 Å². The fourth-order valence-electron chi connectivity index (χ4n) is 4.70. The summed E-state index contributed by atoms with van der Waals surface area (Å²) in [6, 6.07) is 5.39. The lowest BCUT2D eigenvalue weighted by atomic mass is 9.90. The minimum Gasteiger partial charge on any atom is -0.383 e. The number of hydrogen-bond acceptors (Lipinski definition) is 9. The third-order valence-electron chi connectivity index (χ3n) is 6.55. The second-order valence-electron chi connectivity index (χ2n) is 9.27. The van der Waals surface area contributed by atoms with Crippen LogP contribution in [0.5, 0.6) is 0 Å². The summed E-state index contributed by atoms with van der Waals surface area (Å²) in [4.78, 5) is 8.92. The number of hydrogen-bond donors (Lipinski definition) is 3. The molecule has 2 aromatic heterocycles. The van der Waals surface area contributed by atoms with Crippen LogP contribution in [-0.2, 0) is 9.47 Å². The highest BCUT2D eigenvalue weighted by atomic mass is 16.5. The Morgan fingerprint density at radius 2 is 1.82 bits per heavy atom. The van der Waals surface area contributed by atoms with E-state index in [1.54, 1.807) is 19.6 Å². The summed E-state index contributed by atoms with van der Waals surface area (Å²) in [5.74, 6) is 2.26. The first-order valence-electron chi connectivity index (χ1n) is 12.2. The first kappa shape index (κ1) is 23.8. The van der Waals surface area contributed by atoms with Crippen LogP contribution in [0.15, 0.2) is 24.7 Å². The van der Waals surface area contributed by atoms with Crippen molar-refractivity contribution >= 4 is 11.6 Å². The van der Waals surface area contributed by atoms with Crippen LogP contribution in [0, 0.1) is 5.92 Å². The molecule has 0 unspecified atom stereocenters. The van der Waals surface area contributed by atoms with Crippen LogP contribution in [0.3, 0.4) is 0 Å². The molecule has 33 heavy (non-hydrogen) atoms. The molecule has 0 bridgehead atoms. The van der Waals surface area contributed by atoms with Gasteiger partial charge < -0.3 is 25.4 Å². The Kier molecular flexibility index (Phi) is 8.79. The number of aromatic nitrogens is 4. The molecular weight excluding hydrogens is 418 g/mol. The van der Waals surface area contributed by atoms with Gasteiger partial charge in [-0.1, -0.05) is 0 Å². The third-order valence-corrected chi connectivity index (χ3v) is 6.55. The molecule has 2 fully saturated rings. The smallest absolute Gasteiger partial charge is 0.149 e. The molecule has 9 heteroatoms. The molecule has 0 aromatic carbocycles. The van der Waals surface area contributed by atoms with Crippen LogP contribution in [0.25, 0.3) is 11.3 Å². The number of methoxy groups -OCH3 is 1. The van der Waals surface area contributed by atoms with E-state index in [1.165, 1.54) is 0 Å². The van der Waals surface area contributed by atoms with Crippen LogP contribution in [0.4, 0.5) is 11.6 Å². The predicted octanol–water partition coefficient (Wildman–Crippen LogP) is 3.12. The van der Waals surface area contributed by atoms with Crippen molar-refractivity contribution in [1.29, 1.82) is 0 Å². The highest BCUT2D eigenvalue weighted by molar-refractivity contribution is 5.64. The predicted molar refractivity (Wildman–Crippen MR) is 129 cm³/mol. The number of rotatable bonds is 10. The molecule has 1 saturated carbocycles. The Bertz CT molecular complexity index is 854. The van der Waals surface area contributed by atoms with Gasteiger partial charge in [-0.25, -0.2) is 9.97 Å². The Morgan fingerprint density at radius 1 is 1.03 bits per heavy atom. The van der Waals surface area contributed by atoms with Crippen LogP contribution < -0.4 is 16.0 Å². The standard InChI is InChI=1S/C24H37N7O2/c1-17(15-32-2)29-20-3-5-21(6-4-20)30-23-12-22(26-16-27-23)19-11-24(31-28-14-19)25-13-18-7-9-33-10-8-18/h11-12,14,16-18,20-21,29H,3-10,13,15H2,1-2H3,(H,25,31)(H,26,27,30)/t17-,20?,21?/m1/s1. The fourth-order valence-corrected chi connectivity index (χ4v) is 4.70. The second-order valence-corrected chi connectivity index (χ2v) is 9.27. The molecule has 3 N–H and O–H groups in total. The lowest BCUT2D eigenvalue weighted by molar-refractivity contribution is 0.0699. The zero-order chi connectivity index (χ0) is 22.9. The van der Waals surface area contributed by atoms with Crippen LogP contribution in [0.2, 0.25) is 0 Å². The average molecular weight is 456 g/mol. The van der Waals surface area contributed by atoms with Crippen LogP contribution in [-0.4, -0.2) is 71.8 Å². The number of ether oxygens (including phenoxy) is 2. The van der Waals surface area contributed by atoms with Gasteiger partial charge in [0.05, 0.1) is 18.5 Å². The summed E-state index contributed by atoms with van der Waals surface area (Å²) in [5.41, 5.74) is 1.78. The maximum atomic E-state index is 5.44. The van der Waals surface area contributed by atoms with E-state index in [2.05, 4.69) is 43.0 Å². The summed E-state index contributed by atoms with van der Waals surface area (Å²) in [5, 5.41) is 19.1. The molecular formula is C24H37N7O2. The Balaban J connectivity index is 1.30. The highest BCUT2D eigenvalue weighted by Crippen LogP contribution is 2.25. The van der Waals surface area contributed by atoms with Crippen molar-refractivity contribution in [3.05, 3.63) is 24.7 Å². The molecule has 1 saturated heterocycles. The van der Waals surface area contributed by atoms with Crippen LogP contribution >= 0.6 is 0 Å². The van der Waals surface area contributed by atoms with Crippen molar-refractivity contribution in [2.45, 2.75) is 63.6 Å². The highest BCUT2D eigenvalue weighted by Gasteiger charge is 2.22. The SMILES string of the molecule is COC[C@@H](C)NC1CCC(Nc2cc(-c3cnnc(NCC4CCOCC4)c3)ncn2)CC1. The van der Waals surface area contributed by atoms with Crippen molar-refractivity contribution in [2.75, 3.05) is 44.1 Å². The second kappa shape index (κ2) is 12.2. The van der Waals surface area contributed by atoms with E-state index in [0.717, 1.165) is 87.8 Å². The lowest BCUT2D eigenvalue weighted by Gasteiger charge is -2.31. The lowest BCUT2D eigenvalue weighted by Crippen LogP contribution is -2.42. The van der Waals surface area contributed by atoms with Crippen molar-refractivity contribution in [1.82, 2.24) is 25.5 Å². The topological polar surface area (TPSA) is 106 Å². The Morgan fingerprint density at radius 3 is 2.61 bits per heavy atom. The fraction of sp³-hybridized carbons (Fsp3) is 0.667. The maximum Gasteiger partial charge on any atom is 0.149 e. The van der Waals surface area contributed by atoms with Crippen molar-refractivity contribution in [2.24, 2.45) is 5.92 Å². The molecule has 1 atom stereocenters. The molecule has 3 heterocycles. The average Bonchev–Trinajstić information content (AvgIpc) is 2.85. The molecule has 180 valence electrons. The van der Waals surface area contributed by atoms with E-state index >= 15 is 0 Å². The van der Waals surface area contributed by atoms with E-state index in [9.17, 15) is 0 Å². The van der Waals surface area contributed by atoms with E-state index < -0.39 is 0 Å². The minimum absolute atomic E-state index is 0.388. The molecule has 0 radical (unpaired) electrons. The van der Waals surface area contributed by atoms with Crippen molar-refractivity contribution < 1.29 is 9.47 Å². The Hall–Kier alpha value is -2.36. The number of nitrogens with one attached hydrogen (secondary N) is 3. The maximum absolute atomic E-state index is 5.44. The molecule has 1 aliphatic heterocycles. The van der Waals surface area contributed by atoms with Crippen LogP contribution in [0.1, 0.15) is 45.4 Å². The number of nitrogens with zero attached hydrogens (tertiary/aromatic N) is 4. The zero-order valence-corrected chi connectivity index (χ0v) is 19.8. The zero-order valence-electron chi connectivity index (χ0n) is 19.8. The molecule has 4 rings (SSSR count). The third kappa shape index (κ3) is 7.31. The number of anilines is 2. The normalized spacial score (nSPS) is 22.6. The molecule has 1 aliphatic carbocycles. The van der Waals surface area contributed by atoms with Crippen molar-refractivity contribution in [3.63, 3.8) is 0 Å². The molecule has 2 aromatic rings. The van der Waals surface area contributed by atoms with Gasteiger partial charge in [0, 0.05) is 56.6 Å². The molecule has 2 aliphatic rings. The van der Waals surface area contributed by atoms with Gasteiger partial charge in [0.2, 0.25) is 0 Å². The summed E-state index contributed by atoms with van der Waals surface area (Å²) in [6.07, 6.45) is 10.1. The largest absolute Gasteiger partial charge is 0.383 e. The quantitative estimate of drug-likeness (QED) is 0.498. The molecule has 9 nitrogen and oxygen atoms in total. The van der Waals surface area contributed by atoms with Crippen molar-refractivity contribution in [3.8, 4) is 11.3 Å². The monoisotopic (exact) mass is 455 g/mol. The Labute approximate surface area is 196 Å². The van der Waals surface area contributed by atoms with E-state index in [0.29, 0.717) is 24.0 Å². The van der Waals surface area contributed by atoms with Gasteiger partial charge in [0.15, 0.2) is 0 Å². The minimum atomic E-state index is 0.388. The molecule has 0 amide bonds. The van der Waals surface area contributed by atoms with Gasteiger partial charge >= 0.3 is 0 Å². The first-order chi connectivity index (χ1) is 16.2. The van der Waals surface area contributed by atoms with Gasteiger partial charge in [-0.3, -0.25) is 0 Å².